The van der Waals surface area contributed by atoms with E-state index in [0.717, 1.165) is 43.1 Å². The van der Waals surface area contributed by atoms with E-state index in [1.807, 2.05) is 12.1 Å². The summed E-state index contributed by atoms with van der Waals surface area (Å²) >= 11 is 0. The SMILES string of the molecule is COc1ccc(CCNc2ncnc3c2CCCC3)cc1OC. The maximum absolute atomic E-state index is 5.35. The van der Waals surface area contributed by atoms with Crippen molar-refractivity contribution in [3.8, 4) is 11.5 Å². The van der Waals surface area contributed by atoms with Crippen molar-refractivity contribution in [3.63, 3.8) is 0 Å². The van der Waals surface area contributed by atoms with Crippen molar-refractivity contribution in [2.75, 3.05) is 26.1 Å². The fourth-order valence-electron chi connectivity index (χ4n) is 3.03. The van der Waals surface area contributed by atoms with E-state index in [-0.39, 0.29) is 0 Å². The van der Waals surface area contributed by atoms with Gasteiger partial charge in [-0.15, -0.1) is 0 Å². The van der Waals surface area contributed by atoms with Crippen molar-refractivity contribution in [2.24, 2.45) is 0 Å². The van der Waals surface area contributed by atoms with Crippen molar-refractivity contribution in [1.29, 1.82) is 0 Å². The molecule has 0 spiro atoms. The molecule has 0 fully saturated rings. The van der Waals surface area contributed by atoms with Gasteiger partial charge in [-0.3, -0.25) is 0 Å². The summed E-state index contributed by atoms with van der Waals surface area (Å²) in [6, 6.07) is 6.04. The van der Waals surface area contributed by atoms with Crippen LogP contribution in [-0.2, 0) is 19.3 Å². The second kappa shape index (κ2) is 7.31. The van der Waals surface area contributed by atoms with Gasteiger partial charge < -0.3 is 14.8 Å². The molecule has 5 heteroatoms. The smallest absolute Gasteiger partial charge is 0.160 e. The third-order valence-electron chi connectivity index (χ3n) is 4.28. The second-order valence-electron chi connectivity index (χ2n) is 5.72. The summed E-state index contributed by atoms with van der Waals surface area (Å²) < 4.78 is 10.6. The molecule has 122 valence electrons. The van der Waals surface area contributed by atoms with Gasteiger partial charge in [0.25, 0.3) is 0 Å². The molecule has 23 heavy (non-hydrogen) atoms. The zero-order valence-corrected chi connectivity index (χ0v) is 13.8. The quantitative estimate of drug-likeness (QED) is 0.888. The fourth-order valence-corrected chi connectivity index (χ4v) is 3.03. The zero-order chi connectivity index (χ0) is 16.1. The highest BCUT2D eigenvalue weighted by molar-refractivity contribution is 5.47. The molecule has 1 aliphatic carbocycles. The minimum Gasteiger partial charge on any atom is -0.493 e. The summed E-state index contributed by atoms with van der Waals surface area (Å²) in [6.07, 6.45) is 7.18. The van der Waals surface area contributed by atoms with Crippen LogP contribution in [0, 0.1) is 0 Å². The van der Waals surface area contributed by atoms with Gasteiger partial charge in [0.05, 0.1) is 14.2 Å². The van der Waals surface area contributed by atoms with E-state index in [4.69, 9.17) is 9.47 Å². The first-order chi connectivity index (χ1) is 11.3. The number of fused-ring (bicyclic) bond motifs is 1. The van der Waals surface area contributed by atoms with Gasteiger partial charge in [0.2, 0.25) is 0 Å². The van der Waals surface area contributed by atoms with Gasteiger partial charge in [-0.1, -0.05) is 6.07 Å². The first kappa shape index (κ1) is 15.6. The Morgan fingerprint density at radius 1 is 1.04 bits per heavy atom. The van der Waals surface area contributed by atoms with Crippen LogP contribution in [0.3, 0.4) is 0 Å². The number of hydrogen-bond acceptors (Lipinski definition) is 5. The monoisotopic (exact) mass is 313 g/mol. The third-order valence-corrected chi connectivity index (χ3v) is 4.28. The molecule has 1 N–H and O–H groups in total. The predicted octanol–water partition coefficient (Wildman–Crippen LogP) is 3.03. The molecule has 0 atom stereocenters. The number of aromatic nitrogens is 2. The average molecular weight is 313 g/mol. The lowest BCUT2D eigenvalue weighted by Gasteiger charge is -2.18. The molecule has 1 aromatic carbocycles. The van der Waals surface area contributed by atoms with Crippen molar-refractivity contribution in [2.45, 2.75) is 32.1 Å². The molecule has 0 unspecified atom stereocenters. The van der Waals surface area contributed by atoms with Crippen molar-refractivity contribution < 1.29 is 9.47 Å². The normalized spacial score (nSPS) is 13.3. The van der Waals surface area contributed by atoms with Crippen molar-refractivity contribution in [1.82, 2.24) is 9.97 Å². The highest BCUT2D eigenvalue weighted by atomic mass is 16.5. The topological polar surface area (TPSA) is 56.3 Å². The van der Waals surface area contributed by atoms with Gasteiger partial charge in [0.15, 0.2) is 11.5 Å². The van der Waals surface area contributed by atoms with E-state index >= 15 is 0 Å². The molecule has 5 nitrogen and oxygen atoms in total. The number of anilines is 1. The summed E-state index contributed by atoms with van der Waals surface area (Å²) in [5.41, 5.74) is 3.71. The number of nitrogens with zero attached hydrogens (tertiary/aromatic N) is 2. The summed E-state index contributed by atoms with van der Waals surface area (Å²) in [5, 5.41) is 3.46. The van der Waals surface area contributed by atoms with Gasteiger partial charge in [0.1, 0.15) is 12.1 Å². The van der Waals surface area contributed by atoms with Crippen LogP contribution in [0.1, 0.15) is 29.7 Å². The Balaban J connectivity index is 1.64. The van der Waals surface area contributed by atoms with Crippen LogP contribution in [0.5, 0.6) is 11.5 Å². The molecule has 2 aromatic rings. The van der Waals surface area contributed by atoms with Gasteiger partial charge in [-0.05, 0) is 49.8 Å². The number of nitrogens with one attached hydrogen (secondary N) is 1. The fraction of sp³-hybridized carbons (Fsp3) is 0.444. The Labute approximate surface area is 137 Å². The van der Waals surface area contributed by atoms with Gasteiger partial charge in [-0.25, -0.2) is 9.97 Å². The van der Waals surface area contributed by atoms with Crippen LogP contribution >= 0.6 is 0 Å². The number of rotatable bonds is 6. The molecule has 1 aliphatic rings. The van der Waals surface area contributed by atoms with Crippen LogP contribution in [0.4, 0.5) is 5.82 Å². The first-order valence-electron chi connectivity index (χ1n) is 8.09. The largest absolute Gasteiger partial charge is 0.493 e. The highest BCUT2D eigenvalue weighted by Crippen LogP contribution is 2.28. The summed E-state index contributed by atoms with van der Waals surface area (Å²) in [4.78, 5) is 8.82. The number of hydrogen-bond donors (Lipinski definition) is 1. The maximum Gasteiger partial charge on any atom is 0.160 e. The molecular weight excluding hydrogens is 290 g/mol. The number of ether oxygens (including phenoxy) is 2. The van der Waals surface area contributed by atoms with Crippen LogP contribution in [0.25, 0.3) is 0 Å². The standard InChI is InChI=1S/C18H23N3O2/c1-22-16-8-7-13(11-17(16)23-2)9-10-19-18-14-5-3-4-6-15(14)20-12-21-18/h7-8,11-12H,3-6,9-10H2,1-2H3,(H,19,20,21). The van der Waals surface area contributed by atoms with Crippen LogP contribution in [0.15, 0.2) is 24.5 Å². The van der Waals surface area contributed by atoms with Gasteiger partial charge in [-0.2, -0.15) is 0 Å². The minimum atomic E-state index is 0.758. The Kier molecular flexibility index (Phi) is 4.95. The molecule has 0 saturated carbocycles. The Bertz CT molecular complexity index is 673. The molecular formula is C18H23N3O2. The first-order valence-corrected chi connectivity index (χ1v) is 8.09. The van der Waals surface area contributed by atoms with Crippen molar-refractivity contribution in [3.05, 3.63) is 41.3 Å². The minimum absolute atomic E-state index is 0.758. The Morgan fingerprint density at radius 2 is 1.87 bits per heavy atom. The van der Waals surface area contributed by atoms with Crippen LogP contribution in [0.2, 0.25) is 0 Å². The number of aryl methyl sites for hydroxylation is 1. The molecule has 3 rings (SSSR count). The van der Waals surface area contributed by atoms with E-state index < -0.39 is 0 Å². The van der Waals surface area contributed by atoms with E-state index in [9.17, 15) is 0 Å². The second-order valence-corrected chi connectivity index (χ2v) is 5.72. The summed E-state index contributed by atoms with van der Waals surface area (Å²) in [6.45, 7) is 0.832. The molecule has 0 radical (unpaired) electrons. The summed E-state index contributed by atoms with van der Waals surface area (Å²) in [5.74, 6) is 2.52. The lowest BCUT2D eigenvalue weighted by atomic mass is 9.96. The van der Waals surface area contributed by atoms with E-state index in [1.54, 1.807) is 20.5 Å². The van der Waals surface area contributed by atoms with E-state index in [0.29, 0.717) is 0 Å². The molecule has 1 heterocycles. The average Bonchev–Trinajstić information content (AvgIpc) is 2.61. The molecule has 1 aromatic heterocycles. The highest BCUT2D eigenvalue weighted by Gasteiger charge is 2.15. The van der Waals surface area contributed by atoms with Crippen LogP contribution < -0.4 is 14.8 Å². The number of benzene rings is 1. The van der Waals surface area contributed by atoms with Gasteiger partial charge in [0, 0.05) is 17.8 Å². The zero-order valence-electron chi connectivity index (χ0n) is 13.8. The lowest BCUT2D eigenvalue weighted by molar-refractivity contribution is 0.354. The molecule has 0 saturated heterocycles. The van der Waals surface area contributed by atoms with E-state index in [1.165, 1.54) is 29.7 Å². The van der Waals surface area contributed by atoms with Crippen molar-refractivity contribution >= 4 is 5.82 Å². The third kappa shape index (κ3) is 3.55. The van der Waals surface area contributed by atoms with E-state index in [2.05, 4.69) is 21.4 Å². The van der Waals surface area contributed by atoms with Crippen LogP contribution in [-0.4, -0.2) is 30.7 Å². The Morgan fingerprint density at radius 3 is 2.70 bits per heavy atom. The summed E-state index contributed by atoms with van der Waals surface area (Å²) in [7, 11) is 3.31. The van der Waals surface area contributed by atoms with Gasteiger partial charge >= 0.3 is 0 Å². The Hall–Kier alpha value is -2.30. The predicted molar refractivity (Wildman–Crippen MR) is 90.4 cm³/mol. The lowest BCUT2D eigenvalue weighted by Crippen LogP contribution is -2.13. The molecule has 0 amide bonds. The maximum atomic E-state index is 5.35. The molecule has 0 bridgehead atoms. The molecule has 0 aliphatic heterocycles. The number of methoxy groups -OCH3 is 2.